The number of aryl methyl sites for hydroxylation is 1. The highest BCUT2D eigenvalue weighted by molar-refractivity contribution is 8.01. The van der Waals surface area contributed by atoms with Gasteiger partial charge in [0.1, 0.15) is 11.5 Å². The summed E-state index contributed by atoms with van der Waals surface area (Å²) >= 11 is 1.12. The molecular weight excluding hydrogens is 432 g/mol. The van der Waals surface area contributed by atoms with Crippen LogP contribution in [0.4, 0.5) is 11.5 Å². The third-order valence-electron chi connectivity index (χ3n) is 3.94. The normalized spacial score (nSPS) is 12.5. The molecule has 30 heavy (non-hydrogen) atoms. The van der Waals surface area contributed by atoms with Crippen molar-refractivity contribution in [2.45, 2.75) is 24.0 Å². The number of nitrogens with one attached hydrogen (secondary N) is 2. The third-order valence-corrected chi connectivity index (χ3v) is 6.89. The number of nitrogens with zero attached hydrogens (tertiary/aromatic N) is 2. The highest BCUT2D eigenvalue weighted by Crippen LogP contribution is 2.28. The largest absolute Gasteiger partial charge is 0.495 e. The van der Waals surface area contributed by atoms with Crippen molar-refractivity contribution in [3.8, 4) is 5.75 Å². The average molecular weight is 457 g/mol. The fourth-order valence-electron chi connectivity index (χ4n) is 2.27. The molecule has 0 aliphatic heterocycles. The van der Waals surface area contributed by atoms with E-state index in [1.54, 1.807) is 19.9 Å². The molecule has 1 atom stereocenters. The Morgan fingerprint density at radius 2 is 1.97 bits per heavy atom. The fourth-order valence-corrected chi connectivity index (χ4v) is 3.88. The molecule has 2 amide bonds. The number of thioether (sulfide) groups is 1. The lowest BCUT2D eigenvalue weighted by Crippen LogP contribution is -2.25. The van der Waals surface area contributed by atoms with E-state index < -0.39 is 21.2 Å². The topological polar surface area (TPSA) is 131 Å². The Labute approximate surface area is 179 Å². The van der Waals surface area contributed by atoms with Crippen LogP contribution in [0.15, 0.2) is 33.7 Å². The Morgan fingerprint density at radius 1 is 1.27 bits per heavy atom. The zero-order chi connectivity index (χ0) is 22.5. The Hall–Kier alpha value is -2.57. The number of anilines is 2. The minimum Gasteiger partial charge on any atom is -0.495 e. The maximum Gasteiger partial charge on any atom is 0.242 e. The molecule has 1 aromatic carbocycles. The number of carbonyl (C=O) groups excluding carboxylic acids is 2. The molecule has 0 unspecified atom stereocenters. The molecule has 0 bridgehead atoms. The molecule has 0 spiro atoms. The van der Waals surface area contributed by atoms with Crippen molar-refractivity contribution in [1.29, 1.82) is 0 Å². The molecule has 2 rings (SSSR count). The van der Waals surface area contributed by atoms with Crippen LogP contribution < -0.4 is 15.4 Å². The molecular formula is C18H24N4O6S2. The predicted octanol–water partition coefficient (Wildman–Crippen LogP) is 1.94. The molecule has 0 fully saturated rings. The Bertz CT molecular complexity index is 1020. The molecule has 12 heteroatoms. The lowest BCUT2D eigenvalue weighted by atomic mass is 10.3. The molecule has 2 aromatic rings. The van der Waals surface area contributed by atoms with Crippen LogP contribution >= 0.6 is 11.8 Å². The summed E-state index contributed by atoms with van der Waals surface area (Å²) in [4.78, 5) is 24.6. The second-order valence-corrected chi connectivity index (χ2v) is 9.94. The van der Waals surface area contributed by atoms with E-state index in [1.165, 1.54) is 39.4 Å². The highest BCUT2D eigenvalue weighted by atomic mass is 32.2. The molecule has 2 N–H and O–H groups in total. The first kappa shape index (κ1) is 23.7. The van der Waals surface area contributed by atoms with Crippen LogP contribution in [0.2, 0.25) is 0 Å². The molecule has 0 saturated heterocycles. The monoisotopic (exact) mass is 456 g/mol. The van der Waals surface area contributed by atoms with E-state index in [9.17, 15) is 18.0 Å². The van der Waals surface area contributed by atoms with Gasteiger partial charge in [-0.15, -0.1) is 11.8 Å². The quantitative estimate of drug-likeness (QED) is 0.585. The first-order valence-corrected chi connectivity index (χ1v) is 11.3. The summed E-state index contributed by atoms with van der Waals surface area (Å²) in [5, 5.41) is 8.39. The molecule has 1 heterocycles. The standard InChI is InChI=1S/C18H24N4O6S2/c1-11-8-16(21-28-11)20-18(24)12(2)29-10-17(23)19-14-9-13(6-7-15(14)27-5)30(25,26)22(3)4/h6-9,12H,10H2,1-5H3,(H,19,23)(H,20,21,24)/t12-/m0/s1. The summed E-state index contributed by atoms with van der Waals surface area (Å²) in [7, 11) is 0.580. The number of sulfonamides is 1. The number of rotatable bonds is 9. The minimum atomic E-state index is -3.67. The number of aromatic nitrogens is 1. The van der Waals surface area contributed by atoms with Crippen LogP contribution in [0, 0.1) is 6.92 Å². The molecule has 0 radical (unpaired) electrons. The van der Waals surface area contributed by atoms with Gasteiger partial charge in [-0.05, 0) is 32.0 Å². The van der Waals surface area contributed by atoms with Crippen LogP contribution in [-0.2, 0) is 19.6 Å². The van der Waals surface area contributed by atoms with Gasteiger partial charge in [-0.25, -0.2) is 12.7 Å². The Kier molecular flexibility index (Phi) is 7.87. The maximum atomic E-state index is 12.4. The number of hydrogen-bond acceptors (Lipinski definition) is 8. The third kappa shape index (κ3) is 5.97. The minimum absolute atomic E-state index is 0.0203. The van der Waals surface area contributed by atoms with Gasteiger partial charge in [0.15, 0.2) is 5.82 Å². The first-order chi connectivity index (χ1) is 14.0. The van der Waals surface area contributed by atoms with Gasteiger partial charge in [-0.3, -0.25) is 9.59 Å². The van der Waals surface area contributed by atoms with E-state index in [-0.39, 0.29) is 22.2 Å². The van der Waals surface area contributed by atoms with Gasteiger partial charge in [0, 0.05) is 20.2 Å². The zero-order valence-corrected chi connectivity index (χ0v) is 18.9. The summed E-state index contributed by atoms with van der Waals surface area (Å²) in [6.45, 7) is 3.36. The van der Waals surface area contributed by atoms with Gasteiger partial charge >= 0.3 is 0 Å². The van der Waals surface area contributed by atoms with Crippen LogP contribution in [-0.4, -0.2) is 61.9 Å². The summed E-state index contributed by atoms with van der Waals surface area (Å²) in [5.74, 6) is 0.432. The second kappa shape index (κ2) is 9.96. The van der Waals surface area contributed by atoms with Gasteiger partial charge in [0.25, 0.3) is 0 Å². The van der Waals surface area contributed by atoms with E-state index in [2.05, 4.69) is 15.8 Å². The van der Waals surface area contributed by atoms with Crippen molar-refractivity contribution in [1.82, 2.24) is 9.46 Å². The smallest absolute Gasteiger partial charge is 0.242 e. The summed E-state index contributed by atoms with van der Waals surface area (Å²) in [6, 6.07) is 5.79. The zero-order valence-electron chi connectivity index (χ0n) is 17.3. The van der Waals surface area contributed by atoms with E-state index in [4.69, 9.17) is 9.26 Å². The van der Waals surface area contributed by atoms with Gasteiger partial charge in [0.2, 0.25) is 21.8 Å². The number of amides is 2. The van der Waals surface area contributed by atoms with Gasteiger partial charge in [-0.1, -0.05) is 5.16 Å². The summed E-state index contributed by atoms with van der Waals surface area (Å²) < 4.78 is 35.8. The fraction of sp³-hybridized carbons (Fsp3) is 0.389. The number of carbonyl (C=O) groups is 2. The summed E-state index contributed by atoms with van der Waals surface area (Å²) in [5.41, 5.74) is 0.223. The molecule has 1 aromatic heterocycles. The average Bonchev–Trinajstić information content (AvgIpc) is 3.10. The van der Waals surface area contributed by atoms with E-state index in [0.717, 1.165) is 16.1 Å². The van der Waals surface area contributed by atoms with Crippen LogP contribution in [0.5, 0.6) is 5.75 Å². The first-order valence-electron chi connectivity index (χ1n) is 8.80. The molecule has 10 nitrogen and oxygen atoms in total. The summed E-state index contributed by atoms with van der Waals surface area (Å²) in [6.07, 6.45) is 0. The number of methoxy groups -OCH3 is 1. The predicted molar refractivity (Wildman–Crippen MR) is 114 cm³/mol. The van der Waals surface area contributed by atoms with E-state index in [0.29, 0.717) is 17.3 Å². The van der Waals surface area contributed by atoms with Crippen molar-refractivity contribution in [2.24, 2.45) is 0 Å². The molecule has 0 aliphatic rings. The molecule has 164 valence electrons. The lowest BCUT2D eigenvalue weighted by molar-refractivity contribution is -0.115. The van der Waals surface area contributed by atoms with E-state index >= 15 is 0 Å². The second-order valence-electron chi connectivity index (χ2n) is 6.46. The molecule has 0 saturated carbocycles. The van der Waals surface area contributed by atoms with Crippen LogP contribution in [0.25, 0.3) is 0 Å². The van der Waals surface area contributed by atoms with Gasteiger partial charge in [-0.2, -0.15) is 0 Å². The van der Waals surface area contributed by atoms with Crippen LogP contribution in [0.1, 0.15) is 12.7 Å². The number of ether oxygens (including phenoxy) is 1. The van der Waals surface area contributed by atoms with Crippen molar-refractivity contribution >= 4 is 45.1 Å². The maximum absolute atomic E-state index is 12.4. The Balaban J connectivity index is 2.00. The number of hydrogen-bond donors (Lipinski definition) is 2. The van der Waals surface area contributed by atoms with Crippen molar-refractivity contribution < 1.29 is 27.3 Å². The van der Waals surface area contributed by atoms with E-state index in [1.807, 2.05) is 0 Å². The highest BCUT2D eigenvalue weighted by Gasteiger charge is 2.21. The lowest BCUT2D eigenvalue weighted by Gasteiger charge is -2.15. The van der Waals surface area contributed by atoms with Gasteiger partial charge in [0.05, 0.1) is 28.7 Å². The van der Waals surface area contributed by atoms with Crippen molar-refractivity contribution in [2.75, 3.05) is 37.6 Å². The van der Waals surface area contributed by atoms with Gasteiger partial charge < -0.3 is 19.9 Å². The Morgan fingerprint density at radius 3 is 2.53 bits per heavy atom. The number of benzene rings is 1. The molecule has 0 aliphatic carbocycles. The van der Waals surface area contributed by atoms with Crippen molar-refractivity contribution in [3.63, 3.8) is 0 Å². The van der Waals surface area contributed by atoms with Crippen molar-refractivity contribution in [3.05, 3.63) is 30.0 Å². The van der Waals surface area contributed by atoms with Crippen LogP contribution in [0.3, 0.4) is 0 Å². The SMILES string of the molecule is COc1ccc(S(=O)(=O)N(C)C)cc1NC(=O)CS[C@@H](C)C(=O)Nc1cc(C)on1.